The van der Waals surface area contributed by atoms with Gasteiger partial charge in [0.05, 0.1) is 11.3 Å². The fourth-order valence-corrected chi connectivity index (χ4v) is 2.36. The van der Waals surface area contributed by atoms with Crippen molar-refractivity contribution in [2.24, 2.45) is 10.9 Å². The molecule has 0 unspecified atom stereocenters. The van der Waals surface area contributed by atoms with Gasteiger partial charge < -0.3 is 4.90 Å². The lowest BCUT2D eigenvalue weighted by atomic mass is 9.98. The minimum Gasteiger partial charge on any atom is -0.370 e. The molecular weight excluding hydrogens is 269 g/mol. The molecule has 0 aromatic heterocycles. The molecule has 0 spiro atoms. The van der Waals surface area contributed by atoms with Crippen LogP contribution in [0.25, 0.3) is 0 Å². The third-order valence-electron chi connectivity index (χ3n) is 3.59. The van der Waals surface area contributed by atoms with Gasteiger partial charge in [-0.3, -0.25) is 0 Å². The van der Waals surface area contributed by atoms with Gasteiger partial charge in [0.2, 0.25) is 6.08 Å². The molecule has 0 bridgehead atoms. The Bertz CT molecular complexity index is 528. The second-order valence-corrected chi connectivity index (χ2v) is 5.07. The zero-order chi connectivity index (χ0) is 14.8. The number of benzene rings is 1. The molecule has 2 rings (SSSR count). The lowest BCUT2D eigenvalue weighted by Gasteiger charge is -2.32. The van der Waals surface area contributed by atoms with Crippen LogP contribution >= 0.6 is 0 Å². The zero-order valence-corrected chi connectivity index (χ0v) is 11.1. The molecule has 1 aliphatic heterocycles. The first-order valence-corrected chi connectivity index (χ1v) is 6.46. The minimum atomic E-state index is -4.44. The first-order chi connectivity index (χ1) is 9.41. The Kier molecular flexibility index (Phi) is 4.14. The van der Waals surface area contributed by atoms with Crippen LogP contribution in [0, 0.1) is 5.92 Å². The molecule has 0 radical (unpaired) electrons. The third kappa shape index (κ3) is 3.20. The Labute approximate surface area is 115 Å². The van der Waals surface area contributed by atoms with Crippen LogP contribution in [0.1, 0.15) is 25.3 Å². The first kappa shape index (κ1) is 14.6. The second-order valence-electron chi connectivity index (χ2n) is 5.07. The minimum absolute atomic E-state index is 0.0318. The summed E-state index contributed by atoms with van der Waals surface area (Å²) in [5.74, 6) is 0.610. The smallest absolute Gasteiger partial charge is 0.370 e. The zero-order valence-electron chi connectivity index (χ0n) is 11.1. The number of isocyanates is 1. The van der Waals surface area contributed by atoms with Gasteiger partial charge in [-0.15, -0.1) is 0 Å². The van der Waals surface area contributed by atoms with Gasteiger partial charge in [-0.1, -0.05) is 6.92 Å². The van der Waals surface area contributed by atoms with Crippen LogP contribution in [0.3, 0.4) is 0 Å². The monoisotopic (exact) mass is 284 g/mol. The highest BCUT2D eigenvalue weighted by molar-refractivity contribution is 5.71. The molecule has 108 valence electrons. The van der Waals surface area contributed by atoms with Crippen molar-refractivity contribution in [3.05, 3.63) is 23.8 Å². The lowest BCUT2D eigenvalue weighted by molar-refractivity contribution is -0.137. The van der Waals surface area contributed by atoms with E-state index < -0.39 is 11.7 Å². The van der Waals surface area contributed by atoms with Gasteiger partial charge in [0.15, 0.2) is 0 Å². The fraction of sp³-hybridized carbons (Fsp3) is 0.500. The molecule has 1 heterocycles. The molecular formula is C14H15F3N2O. The fourth-order valence-electron chi connectivity index (χ4n) is 2.36. The Morgan fingerprint density at radius 2 is 1.95 bits per heavy atom. The predicted octanol–water partition coefficient (Wildman–Crippen LogP) is 3.91. The highest BCUT2D eigenvalue weighted by atomic mass is 19.4. The van der Waals surface area contributed by atoms with E-state index in [-0.39, 0.29) is 5.69 Å². The average molecular weight is 284 g/mol. The summed E-state index contributed by atoms with van der Waals surface area (Å²) in [6.45, 7) is 3.66. The summed E-state index contributed by atoms with van der Waals surface area (Å²) in [6.07, 6.45) is -1.16. The van der Waals surface area contributed by atoms with Gasteiger partial charge in [-0.2, -0.15) is 18.2 Å². The van der Waals surface area contributed by atoms with Gasteiger partial charge in [-0.05, 0) is 37.0 Å². The van der Waals surface area contributed by atoms with E-state index in [1.807, 2.05) is 4.90 Å². The van der Waals surface area contributed by atoms with Crippen molar-refractivity contribution in [2.75, 3.05) is 18.0 Å². The number of hydrogen-bond acceptors (Lipinski definition) is 3. The molecule has 0 amide bonds. The van der Waals surface area contributed by atoms with E-state index in [4.69, 9.17) is 0 Å². The summed E-state index contributed by atoms with van der Waals surface area (Å²) < 4.78 is 38.0. The first-order valence-electron chi connectivity index (χ1n) is 6.46. The topological polar surface area (TPSA) is 32.7 Å². The SMILES string of the molecule is CC1CCN(c2ccc(C(F)(F)F)cc2N=C=O)CC1. The predicted molar refractivity (Wildman–Crippen MR) is 69.8 cm³/mol. The molecule has 0 N–H and O–H groups in total. The van der Waals surface area contributed by atoms with Gasteiger partial charge >= 0.3 is 6.18 Å². The quantitative estimate of drug-likeness (QED) is 0.609. The van der Waals surface area contributed by atoms with Gasteiger partial charge in [0.25, 0.3) is 0 Å². The summed E-state index contributed by atoms with van der Waals surface area (Å²) in [4.78, 5) is 15.8. The van der Waals surface area contributed by atoms with Crippen molar-refractivity contribution >= 4 is 17.5 Å². The van der Waals surface area contributed by atoms with Crippen molar-refractivity contribution in [1.82, 2.24) is 0 Å². The normalized spacial score (nSPS) is 16.9. The number of halogens is 3. The molecule has 3 nitrogen and oxygen atoms in total. The Balaban J connectivity index is 2.35. The molecule has 6 heteroatoms. The van der Waals surface area contributed by atoms with Gasteiger partial charge in [-0.25, -0.2) is 4.79 Å². The van der Waals surface area contributed by atoms with Crippen molar-refractivity contribution in [2.45, 2.75) is 25.9 Å². The Morgan fingerprint density at radius 1 is 1.30 bits per heavy atom. The number of anilines is 1. The molecule has 1 aliphatic rings. The summed E-state index contributed by atoms with van der Waals surface area (Å²) in [5.41, 5.74) is -0.210. The average Bonchev–Trinajstić information content (AvgIpc) is 2.39. The third-order valence-corrected chi connectivity index (χ3v) is 3.59. The molecule has 0 saturated carbocycles. The number of carbonyl (C=O) groups excluding carboxylic acids is 1. The molecule has 1 fully saturated rings. The van der Waals surface area contributed by atoms with Crippen molar-refractivity contribution in [3.63, 3.8) is 0 Å². The van der Waals surface area contributed by atoms with Crippen LogP contribution in [0.2, 0.25) is 0 Å². The van der Waals surface area contributed by atoms with Crippen LogP contribution in [-0.4, -0.2) is 19.2 Å². The van der Waals surface area contributed by atoms with Crippen LogP contribution < -0.4 is 4.90 Å². The number of nitrogens with zero attached hydrogens (tertiary/aromatic N) is 2. The van der Waals surface area contributed by atoms with E-state index in [0.717, 1.165) is 38.1 Å². The lowest BCUT2D eigenvalue weighted by Crippen LogP contribution is -2.32. The Morgan fingerprint density at radius 3 is 2.50 bits per heavy atom. The van der Waals surface area contributed by atoms with Crippen LogP contribution in [-0.2, 0) is 11.0 Å². The van der Waals surface area contributed by atoms with Gasteiger partial charge in [0.1, 0.15) is 5.69 Å². The number of aliphatic imine (C=N–C) groups is 1. The Hall–Kier alpha value is -1.81. The number of alkyl halides is 3. The standard InChI is InChI=1S/C14H15F3N2O/c1-10-4-6-19(7-5-10)13-3-2-11(14(15,16)17)8-12(13)18-9-20/h2-3,8,10H,4-7H2,1H3. The molecule has 1 aromatic rings. The van der Waals surface area contributed by atoms with Crippen molar-refractivity contribution < 1.29 is 18.0 Å². The molecule has 0 atom stereocenters. The second kappa shape index (κ2) is 5.67. The molecule has 1 aromatic carbocycles. The summed E-state index contributed by atoms with van der Waals surface area (Å²) >= 11 is 0. The molecule has 20 heavy (non-hydrogen) atoms. The maximum atomic E-state index is 12.7. The summed E-state index contributed by atoms with van der Waals surface area (Å²) in [5, 5.41) is 0. The largest absolute Gasteiger partial charge is 0.416 e. The highest BCUT2D eigenvalue weighted by Gasteiger charge is 2.31. The number of hydrogen-bond donors (Lipinski definition) is 0. The van der Waals surface area contributed by atoms with E-state index in [2.05, 4.69) is 11.9 Å². The van der Waals surface area contributed by atoms with E-state index in [1.54, 1.807) is 0 Å². The van der Waals surface area contributed by atoms with E-state index in [0.29, 0.717) is 11.6 Å². The number of piperidine rings is 1. The van der Waals surface area contributed by atoms with E-state index >= 15 is 0 Å². The van der Waals surface area contributed by atoms with Gasteiger partial charge in [0, 0.05) is 13.1 Å². The van der Waals surface area contributed by atoms with Crippen LogP contribution in [0.15, 0.2) is 23.2 Å². The number of rotatable bonds is 2. The summed E-state index contributed by atoms with van der Waals surface area (Å²) in [6, 6.07) is 3.31. The maximum Gasteiger partial charge on any atom is 0.416 e. The molecule has 0 aliphatic carbocycles. The maximum absolute atomic E-state index is 12.7. The highest BCUT2D eigenvalue weighted by Crippen LogP contribution is 2.37. The summed E-state index contributed by atoms with van der Waals surface area (Å²) in [7, 11) is 0. The van der Waals surface area contributed by atoms with Crippen molar-refractivity contribution in [3.8, 4) is 0 Å². The van der Waals surface area contributed by atoms with E-state index in [1.165, 1.54) is 12.1 Å². The molecule has 1 saturated heterocycles. The van der Waals surface area contributed by atoms with Crippen LogP contribution in [0.5, 0.6) is 0 Å². The van der Waals surface area contributed by atoms with E-state index in [9.17, 15) is 18.0 Å². The van der Waals surface area contributed by atoms with Crippen LogP contribution in [0.4, 0.5) is 24.5 Å². The van der Waals surface area contributed by atoms with Crippen molar-refractivity contribution in [1.29, 1.82) is 0 Å².